The highest BCUT2D eigenvalue weighted by Gasteiger charge is 2.43. The first-order chi connectivity index (χ1) is 11.9. The van der Waals surface area contributed by atoms with Gasteiger partial charge in [0.25, 0.3) is 0 Å². The normalized spacial score (nSPS) is 19.4. The zero-order valence-electron chi connectivity index (χ0n) is 14.9. The molecule has 134 valence electrons. The summed E-state index contributed by atoms with van der Waals surface area (Å²) in [6.07, 6.45) is 5.38. The van der Waals surface area contributed by atoms with E-state index < -0.39 is 5.66 Å². The fourth-order valence-corrected chi connectivity index (χ4v) is 3.67. The van der Waals surface area contributed by atoms with Crippen LogP contribution in [0.5, 0.6) is 0 Å². The molecule has 1 heterocycles. The minimum Gasteiger partial charge on any atom is -0.369 e. The number of aliphatic imine (C=N–C) groups is 2. The predicted molar refractivity (Wildman–Crippen MR) is 100 cm³/mol. The Hall–Kier alpha value is -2.57. The second-order valence-electron chi connectivity index (χ2n) is 6.91. The van der Waals surface area contributed by atoms with Crippen LogP contribution in [-0.4, -0.2) is 42.5 Å². The van der Waals surface area contributed by atoms with Crippen LogP contribution in [0.2, 0.25) is 0 Å². The number of anilines is 1. The molecule has 7 heteroatoms. The molecular formula is C18H26N6O. The van der Waals surface area contributed by atoms with Crippen molar-refractivity contribution in [2.75, 3.05) is 19.0 Å². The van der Waals surface area contributed by atoms with Crippen LogP contribution >= 0.6 is 0 Å². The van der Waals surface area contributed by atoms with E-state index in [0.717, 1.165) is 36.9 Å². The zero-order valence-corrected chi connectivity index (χ0v) is 14.9. The molecule has 1 fully saturated rings. The molecule has 2 aliphatic rings. The number of hydrogen-bond donors (Lipinski definition) is 2. The summed E-state index contributed by atoms with van der Waals surface area (Å²) >= 11 is 0. The van der Waals surface area contributed by atoms with Crippen molar-refractivity contribution in [3.63, 3.8) is 0 Å². The van der Waals surface area contributed by atoms with Crippen LogP contribution in [-0.2, 0) is 11.2 Å². The van der Waals surface area contributed by atoms with Gasteiger partial charge in [0.05, 0.1) is 6.42 Å². The van der Waals surface area contributed by atoms with Gasteiger partial charge in [-0.15, -0.1) is 0 Å². The number of para-hydroxylation sites is 1. The molecule has 1 aliphatic carbocycles. The lowest BCUT2D eigenvalue weighted by molar-refractivity contribution is -0.127. The maximum atomic E-state index is 12.2. The number of carbonyl (C=O) groups excluding carboxylic acids is 1. The fraction of sp³-hybridized carbons (Fsp3) is 0.500. The zero-order chi connectivity index (χ0) is 18.0. The lowest BCUT2D eigenvalue weighted by Crippen LogP contribution is -2.58. The van der Waals surface area contributed by atoms with Crippen LogP contribution in [0.15, 0.2) is 34.3 Å². The van der Waals surface area contributed by atoms with E-state index in [1.54, 1.807) is 19.0 Å². The number of likely N-dealkylation sites (N-methyl/N-ethyl adjacent to an activating group) is 1. The first kappa shape index (κ1) is 17.3. The van der Waals surface area contributed by atoms with E-state index in [9.17, 15) is 4.79 Å². The van der Waals surface area contributed by atoms with Crippen molar-refractivity contribution in [3.8, 4) is 0 Å². The quantitative estimate of drug-likeness (QED) is 0.867. The maximum absolute atomic E-state index is 12.2. The van der Waals surface area contributed by atoms with Crippen LogP contribution in [0.3, 0.4) is 0 Å². The Morgan fingerprint density at radius 1 is 1.20 bits per heavy atom. The molecule has 1 amide bonds. The Balaban J connectivity index is 2.04. The van der Waals surface area contributed by atoms with Gasteiger partial charge in [0.2, 0.25) is 17.8 Å². The number of hydrogen-bond acceptors (Lipinski definition) is 6. The van der Waals surface area contributed by atoms with Crippen molar-refractivity contribution in [2.24, 2.45) is 21.5 Å². The second-order valence-corrected chi connectivity index (χ2v) is 6.91. The van der Waals surface area contributed by atoms with Gasteiger partial charge in [0, 0.05) is 19.8 Å². The summed E-state index contributed by atoms with van der Waals surface area (Å²) in [5, 5.41) is 0. The molecule has 1 aliphatic heterocycles. The molecule has 0 bridgehead atoms. The van der Waals surface area contributed by atoms with E-state index in [0.29, 0.717) is 12.4 Å². The minimum atomic E-state index is -0.495. The summed E-state index contributed by atoms with van der Waals surface area (Å²) in [5.41, 5.74) is 13.5. The SMILES string of the molecule is CN(C)C(=O)Cc1ccccc1N1C(N)=NC(N)=NC12CCCCC2. The highest BCUT2D eigenvalue weighted by Crippen LogP contribution is 2.40. The highest BCUT2D eigenvalue weighted by atomic mass is 16.2. The summed E-state index contributed by atoms with van der Waals surface area (Å²) < 4.78 is 0. The Morgan fingerprint density at radius 2 is 1.88 bits per heavy atom. The third-order valence-corrected chi connectivity index (χ3v) is 4.92. The van der Waals surface area contributed by atoms with Crippen molar-refractivity contribution in [1.29, 1.82) is 0 Å². The number of rotatable bonds is 3. The van der Waals surface area contributed by atoms with Crippen molar-refractivity contribution in [3.05, 3.63) is 29.8 Å². The third-order valence-electron chi connectivity index (χ3n) is 4.92. The van der Waals surface area contributed by atoms with Crippen molar-refractivity contribution in [1.82, 2.24) is 4.90 Å². The van der Waals surface area contributed by atoms with Gasteiger partial charge >= 0.3 is 0 Å². The van der Waals surface area contributed by atoms with Crippen LogP contribution in [0.1, 0.15) is 37.7 Å². The number of benzene rings is 1. The topological polar surface area (TPSA) is 100 Å². The number of amides is 1. The highest BCUT2D eigenvalue weighted by molar-refractivity contribution is 6.06. The van der Waals surface area contributed by atoms with Gasteiger partial charge < -0.3 is 16.4 Å². The molecule has 0 unspecified atom stereocenters. The first-order valence-corrected chi connectivity index (χ1v) is 8.71. The lowest BCUT2D eigenvalue weighted by atomic mass is 9.86. The molecule has 1 saturated carbocycles. The summed E-state index contributed by atoms with van der Waals surface area (Å²) in [5.74, 6) is 0.623. The van der Waals surface area contributed by atoms with Crippen molar-refractivity contribution in [2.45, 2.75) is 44.2 Å². The third kappa shape index (κ3) is 3.31. The van der Waals surface area contributed by atoms with Gasteiger partial charge in [0.1, 0.15) is 5.66 Å². The average Bonchev–Trinajstić information content (AvgIpc) is 2.56. The van der Waals surface area contributed by atoms with Crippen LogP contribution in [0.25, 0.3) is 0 Å². The molecule has 3 rings (SSSR count). The van der Waals surface area contributed by atoms with Gasteiger partial charge in [-0.3, -0.25) is 9.69 Å². The summed E-state index contributed by atoms with van der Waals surface area (Å²) in [6.45, 7) is 0. The van der Waals surface area contributed by atoms with Gasteiger partial charge in [-0.2, -0.15) is 4.99 Å². The van der Waals surface area contributed by atoms with E-state index in [1.165, 1.54) is 6.42 Å². The van der Waals surface area contributed by atoms with E-state index in [-0.39, 0.29) is 11.9 Å². The molecular weight excluding hydrogens is 316 g/mol. The largest absolute Gasteiger partial charge is 0.369 e. The van der Waals surface area contributed by atoms with Crippen LogP contribution in [0, 0.1) is 0 Å². The maximum Gasteiger partial charge on any atom is 0.226 e. The predicted octanol–water partition coefficient (Wildman–Crippen LogP) is 1.43. The summed E-state index contributed by atoms with van der Waals surface area (Å²) in [6, 6.07) is 7.82. The van der Waals surface area contributed by atoms with Crippen LogP contribution < -0.4 is 16.4 Å². The first-order valence-electron chi connectivity index (χ1n) is 8.71. The Bertz CT molecular complexity index is 718. The van der Waals surface area contributed by atoms with Crippen molar-refractivity contribution >= 4 is 23.5 Å². The second kappa shape index (κ2) is 6.74. The van der Waals surface area contributed by atoms with E-state index in [1.807, 2.05) is 29.2 Å². The molecule has 4 N–H and O–H groups in total. The molecule has 1 spiro atoms. The average molecular weight is 342 g/mol. The molecule has 1 aromatic rings. The van der Waals surface area contributed by atoms with Crippen molar-refractivity contribution < 1.29 is 4.79 Å². The Labute approximate surface area is 148 Å². The molecule has 1 aromatic carbocycles. The smallest absolute Gasteiger partial charge is 0.226 e. The monoisotopic (exact) mass is 342 g/mol. The summed E-state index contributed by atoms with van der Waals surface area (Å²) in [7, 11) is 3.52. The Kier molecular flexibility index (Phi) is 4.65. The summed E-state index contributed by atoms with van der Waals surface area (Å²) in [4.78, 5) is 24.7. The van der Waals surface area contributed by atoms with Gasteiger partial charge in [-0.05, 0) is 37.3 Å². The molecule has 25 heavy (non-hydrogen) atoms. The van der Waals surface area contributed by atoms with Crippen LogP contribution in [0.4, 0.5) is 5.69 Å². The molecule has 7 nitrogen and oxygen atoms in total. The lowest BCUT2D eigenvalue weighted by Gasteiger charge is -2.46. The standard InChI is InChI=1S/C18H26N6O/c1-23(2)15(25)12-13-8-4-5-9-14(13)24-17(20)21-16(19)22-18(24)10-6-3-7-11-18/h4-5,8-9H,3,6-7,10-12H2,1-2H3,(H4,19,20,21,22). The number of guanidine groups is 2. The number of nitrogens with zero attached hydrogens (tertiary/aromatic N) is 4. The Morgan fingerprint density at radius 3 is 2.56 bits per heavy atom. The van der Waals surface area contributed by atoms with Gasteiger partial charge in [-0.25, -0.2) is 4.99 Å². The van der Waals surface area contributed by atoms with E-state index in [4.69, 9.17) is 16.5 Å². The minimum absolute atomic E-state index is 0.0423. The number of carbonyl (C=O) groups is 1. The number of nitrogens with two attached hydrogens (primary N) is 2. The van der Waals surface area contributed by atoms with Gasteiger partial charge in [0.15, 0.2) is 0 Å². The van der Waals surface area contributed by atoms with E-state index in [2.05, 4.69) is 4.99 Å². The molecule has 0 atom stereocenters. The molecule has 0 aromatic heterocycles. The fourth-order valence-electron chi connectivity index (χ4n) is 3.67. The van der Waals surface area contributed by atoms with Gasteiger partial charge in [-0.1, -0.05) is 24.6 Å². The van der Waals surface area contributed by atoms with E-state index >= 15 is 0 Å². The molecule has 0 radical (unpaired) electrons. The molecule has 0 saturated heterocycles.